The fourth-order valence-corrected chi connectivity index (χ4v) is 5.36. The molecule has 0 saturated carbocycles. The average Bonchev–Trinajstić information content (AvgIpc) is 3.48. The van der Waals surface area contributed by atoms with Crippen molar-refractivity contribution in [3.63, 3.8) is 0 Å². The van der Waals surface area contributed by atoms with E-state index in [2.05, 4.69) is 15.5 Å². The van der Waals surface area contributed by atoms with E-state index < -0.39 is 15.9 Å². The zero-order chi connectivity index (χ0) is 20.4. The smallest absolute Gasteiger partial charge is 0.252 e. The number of nitrogens with zero attached hydrogens (tertiary/aromatic N) is 3. The van der Waals surface area contributed by atoms with Crippen LogP contribution < -0.4 is 5.32 Å². The molecule has 152 valence electrons. The van der Waals surface area contributed by atoms with Crippen LogP contribution in [0.4, 0.5) is 0 Å². The molecule has 1 fully saturated rings. The van der Waals surface area contributed by atoms with Gasteiger partial charge in [0.2, 0.25) is 21.7 Å². The summed E-state index contributed by atoms with van der Waals surface area (Å²) in [6.45, 7) is 2.85. The Bertz CT molecular complexity index is 1120. The molecule has 1 aliphatic heterocycles. The lowest BCUT2D eigenvalue weighted by atomic mass is 10.1. The summed E-state index contributed by atoms with van der Waals surface area (Å²) in [5, 5.41) is 8.54. The number of carbonyl (C=O) groups is 1. The van der Waals surface area contributed by atoms with Crippen molar-refractivity contribution in [2.75, 3.05) is 13.1 Å². The predicted molar refractivity (Wildman–Crippen MR) is 108 cm³/mol. The molecule has 1 amide bonds. The number of sulfonamides is 1. The maximum atomic E-state index is 12.8. The van der Waals surface area contributed by atoms with Gasteiger partial charge in [-0.15, -0.1) is 11.3 Å². The van der Waals surface area contributed by atoms with Gasteiger partial charge in [-0.1, -0.05) is 17.3 Å². The van der Waals surface area contributed by atoms with E-state index in [4.69, 9.17) is 4.52 Å². The van der Waals surface area contributed by atoms with Crippen LogP contribution in [0.2, 0.25) is 0 Å². The average molecular weight is 433 g/mol. The highest BCUT2D eigenvalue weighted by Gasteiger charge is 2.28. The fraction of sp³-hybridized carbons (Fsp3) is 0.316. The van der Waals surface area contributed by atoms with E-state index in [1.54, 1.807) is 19.1 Å². The summed E-state index contributed by atoms with van der Waals surface area (Å²) >= 11 is 1.49. The minimum atomic E-state index is -3.59. The van der Waals surface area contributed by atoms with Gasteiger partial charge in [0.1, 0.15) is 0 Å². The van der Waals surface area contributed by atoms with Gasteiger partial charge in [0, 0.05) is 18.7 Å². The molecule has 29 heavy (non-hydrogen) atoms. The summed E-state index contributed by atoms with van der Waals surface area (Å²) in [6.07, 6.45) is 1.71. The normalized spacial score (nSPS) is 14.9. The molecule has 0 aliphatic carbocycles. The van der Waals surface area contributed by atoms with Gasteiger partial charge in [0.15, 0.2) is 0 Å². The van der Waals surface area contributed by atoms with Gasteiger partial charge in [0.05, 0.1) is 16.3 Å². The maximum Gasteiger partial charge on any atom is 0.252 e. The standard InChI is InChI=1S/C19H20N4O4S2/c1-13-6-7-14(29(25,26)23-8-2-3-9-23)11-15(13)19(24)20-12-17-21-18(22-27-17)16-5-4-10-28-16/h4-7,10-11H,2-3,8-9,12H2,1H3,(H,20,24). The molecule has 4 rings (SSSR count). The van der Waals surface area contributed by atoms with Crippen LogP contribution in [0.25, 0.3) is 10.7 Å². The third kappa shape index (κ3) is 4.09. The van der Waals surface area contributed by atoms with Gasteiger partial charge in [-0.2, -0.15) is 9.29 Å². The number of aryl methyl sites for hydroxylation is 1. The Balaban J connectivity index is 1.48. The van der Waals surface area contributed by atoms with E-state index in [1.807, 2.05) is 17.5 Å². The van der Waals surface area contributed by atoms with Crippen molar-refractivity contribution < 1.29 is 17.7 Å². The van der Waals surface area contributed by atoms with Gasteiger partial charge < -0.3 is 9.84 Å². The van der Waals surface area contributed by atoms with Crippen molar-refractivity contribution in [3.8, 4) is 10.7 Å². The molecule has 1 N–H and O–H groups in total. The summed E-state index contributed by atoms with van der Waals surface area (Å²) in [7, 11) is -3.59. The number of hydrogen-bond donors (Lipinski definition) is 1. The van der Waals surface area contributed by atoms with Crippen LogP contribution >= 0.6 is 11.3 Å². The Morgan fingerprint density at radius 2 is 2.07 bits per heavy atom. The van der Waals surface area contributed by atoms with E-state index >= 15 is 0 Å². The van der Waals surface area contributed by atoms with Crippen molar-refractivity contribution in [2.45, 2.75) is 31.2 Å². The van der Waals surface area contributed by atoms with E-state index in [0.29, 0.717) is 30.0 Å². The van der Waals surface area contributed by atoms with E-state index in [-0.39, 0.29) is 17.3 Å². The minimum Gasteiger partial charge on any atom is -0.343 e. The number of benzene rings is 1. The lowest BCUT2D eigenvalue weighted by Gasteiger charge is -2.16. The van der Waals surface area contributed by atoms with Crippen LogP contribution in [0, 0.1) is 6.92 Å². The van der Waals surface area contributed by atoms with Crippen LogP contribution in [-0.4, -0.2) is 41.9 Å². The van der Waals surface area contributed by atoms with Gasteiger partial charge >= 0.3 is 0 Å². The fourth-order valence-electron chi connectivity index (χ4n) is 3.17. The molecule has 1 aliphatic rings. The van der Waals surface area contributed by atoms with Gasteiger partial charge in [0.25, 0.3) is 5.91 Å². The second-order valence-electron chi connectivity index (χ2n) is 6.76. The van der Waals surface area contributed by atoms with Crippen LogP contribution in [0.15, 0.2) is 45.1 Å². The van der Waals surface area contributed by atoms with Crippen molar-refractivity contribution in [1.82, 2.24) is 19.8 Å². The van der Waals surface area contributed by atoms with Gasteiger partial charge in [-0.25, -0.2) is 8.42 Å². The number of rotatable bonds is 6. The molecule has 0 atom stereocenters. The SMILES string of the molecule is Cc1ccc(S(=O)(=O)N2CCCC2)cc1C(=O)NCc1nc(-c2cccs2)no1. The number of nitrogens with one attached hydrogen (secondary N) is 1. The second kappa shape index (κ2) is 8.05. The Morgan fingerprint density at radius 1 is 1.28 bits per heavy atom. The first-order valence-corrected chi connectivity index (χ1v) is 11.5. The highest BCUT2D eigenvalue weighted by atomic mass is 32.2. The van der Waals surface area contributed by atoms with Crippen molar-refractivity contribution in [3.05, 3.63) is 52.7 Å². The van der Waals surface area contributed by atoms with Crippen molar-refractivity contribution >= 4 is 27.3 Å². The molecular weight excluding hydrogens is 412 g/mol. The van der Waals surface area contributed by atoms with E-state index in [0.717, 1.165) is 17.7 Å². The third-order valence-corrected chi connectivity index (χ3v) is 7.53. The molecule has 0 unspecified atom stereocenters. The molecule has 8 nitrogen and oxygen atoms in total. The third-order valence-electron chi connectivity index (χ3n) is 4.77. The van der Waals surface area contributed by atoms with Crippen LogP contribution in [0.1, 0.15) is 34.7 Å². The van der Waals surface area contributed by atoms with Crippen molar-refractivity contribution in [1.29, 1.82) is 0 Å². The molecule has 2 aromatic heterocycles. The quantitative estimate of drug-likeness (QED) is 0.642. The number of thiophene rings is 1. The summed E-state index contributed by atoms with van der Waals surface area (Å²) in [5.74, 6) is 0.358. The number of aromatic nitrogens is 2. The van der Waals surface area contributed by atoms with E-state index in [1.165, 1.54) is 21.7 Å². The zero-order valence-electron chi connectivity index (χ0n) is 15.8. The van der Waals surface area contributed by atoms with Gasteiger partial charge in [-0.3, -0.25) is 4.79 Å². The Kier molecular flexibility index (Phi) is 5.48. The molecule has 10 heteroatoms. The maximum absolute atomic E-state index is 12.8. The second-order valence-corrected chi connectivity index (χ2v) is 9.65. The van der Waals surface area contributed by atoms with Gasteiger partial charge in [-0.05, 0) is 48.9 Å². The van der Waals surface area contributed by atoms with Crippen molar-refractivity contribution in [2.24, 2.45) is 0 Å². The lowest BCUT2D eigenvalue weighted by Crippen LogP contribution is -2.29. The molecule has 1 aromatic carbocycles. The van der Waals surface area contributed by atoms with Crippen LogP contribution in [0.5, 0.6) is 0 Å². The zero-order valence-corrected chi connectivity index (χ0v) is 17.4. The Hall–Kier alpha value is -2.56. The number of hydrogen-bond acceptors (Lipinski definition) is 7. The summed E-state index contributed by atoms with van der Waals surface area (Å²) in [4.78, 5) is 17.9. The first-order chi connectivity index (χ1) is 13.9. The number of carbonyl (C=O) groups excluding carboxylic acids is 1. The largest absolute Gasteiger partial charge is 0.343 e. The van der Waals surface area contributed by atoms with Crippen LogP contribution in [0.3, 0.4) is 0 Å². The molecule has 0 radical (unpaired) electrons. The lowest BCUT2D eigenvalue weighted by molar-refractivity contribution is 0.0945. The Morgan fingerprint density at radius 3 is 2.79 bits per heavy atom. The minimum absolute atomic E-state index is 0.0553. The molecule has 3 heterocycles. The molecule has 0 spiro atoms. The molecule has 3 aromatic rings. The summed E-state index contributed by atoms with van der Waals surface area (Å²) in [5.41, 5.74) is 0.996. The first kappa shape index (κ1) is 19.7. The molecule has 1 saturated heterocycles. The summed E-state index contributed by atoms with van der Waals surface area (Å²) < 4.78 is 32.2. The summed E-state index contributed by atoms with van der Waals surface area (Å²) in [6, 6.07) is 8.41. The topological polar surface area (TPSA) is 105 Å². The molecular formula is C19H20N4O4S2. The monoisotopic (exact) mass is 432 g/mol. The highest BCUT2D eigenvalue weighted by molar-refractivity contribution is 7.89. The molecule has 0 bridgehead atoms. The predicted octanol–water partition coefficient (Wildman–Crippen LogP) is 2.82. The highest BCUT2D eigenvalue weighted by Crippen LogP contribution is 2.24. The Labute approximate surface area is 172 Å². The van der Waals surface area contributed by atoms with E-state index in [9.17, 15) is 13.2 Å². The first-order valence-electron chi connectivity index (χ1n) is 9.20. The van der Waals surface area contributed by atoms with Crippen LogP contribution in [-0.2, 0) is 16.6 Å². The number of amides is 1.